The minimum atomic E-state index is -0.634. The molecule has 0 atom stereocenters. The Morgan fingerprint density at radius 2 is 1.76 bits per heavy atom. The Morgan fingerprint density at radius 1 is 1.12 bits per heavy atom. The van der Waals surface area contributed by atoms with E-state index in [0.717, 1.165) is 6.08 Å². The molecule has 0 aromatic heterocycles. The fourth-order valence-corrected chi connectivity index (χ4v) is 1.44. The van der Waals surface area contributed by atoms with E-state index in [1.165, 1.54) is 12.1 Å². The quantitative estimate of drug-likeness (QED) is 0.471. The van der Waals surface area contributed by atoms with Crippen LogP contribution in [0.1, 0.15) is 10.4 Å². The molecule has 2 rings (SSSR count). The highest BCUT2D eigenvalue weighted by atomic mass is 35.5. The normalized spacial score (nSPS) is 16.9. The van der Waals surface area contributed by atoms with E-state index in [4.69, 9.17) is 11.6 Å². The zero-order chi connectivity index (χ0) is 12.4. The van der Waals surface area contributed by atoms with Crippen molar-refractivity contribution in [2.75, 3.05) is 0 Å². The van der Waals surface area contributed by atoms with Crippen LogP contribution in [-0.2, 0) is 4.79 Å². The third kappa shape index (κ3) is 2.51. The van der Waals surface area contributed by atoms with Gasteiger partial charge in [-0.05, 0) is 24.3 Å². The second-order valence-electron chi connectivity index (χ2n) is 3.34. The molecule has 1 aromatic rings. The molecule has 86 valence electrons. The van der Waals surface area contributed by atoms with Crippen LogP contribution in [0, 0.1) is 0 Å². The fraction of sp³-hybridized carbons (Fsp3) is 0. The predicted molar refractivity (Wildman–Crippen MR) is 60.5 cm³/mol. The molecular weight excluding hydrogens is 244 g/mol. The highest BCUT2D eigenvalue weighted by Gasteiger charge is 2.23. The third-order valence-corrected chi connectivity index (χ3v) is 2.38. The van der Waals surface area contributed by atoms with Crippen LogP contribution in [0.4, 0.5) is 4.79 Å². The molecule has 1 saturated heterocycles. The molecule has 1 fully saturated rings. The molecule has 5 nitrogen and oxygen atoms in total. The summed E-state index contributed by atoms with van der Waals surface area (Å²) in [4.78, 5) is 33.7. The molecule has 2 N–H and O–H groups in total. The van der Waals surface area contributed by atoms with Gasteiger partial charge in [-0.15, -0.1) is 0 Å². The molecular formula is C11H7ClN2O3. The Bertz CT molecular complexity index is 534. The number of urea groups is 1. The average Bonchev–Trinajstić information content (AvgIpc) is 2.58. The first-order chi connectivity index (χ1) is 8.06. The van der Waals surface area contributed by atoms with E-state index >= 15 is 0 Å². The molecule has 0 saturated carbocycles. The third-order valence-electron chi connectivity index (χ3n) is 2.12. The lowest BCUT2D eigenvalue weighted by molar-refractivity contribution is -0.115. The standard InChI is InChI=1S/C11H7ClN2O3/c12-7-3-1-6(2-4-7)9(15)5-8-10(16)14-11(17)13-8/h1-5H,(H2,13,14,16,17)/b8-5-. The zero-order valence-electron chi connectivity index (χ0n) is 8.49. The van der Waals surface area contributed by atoms with Crippen LogP contribution in [0.15, 0.2) is 36.0 Å². The van der Waals surface area contributed by atoms with Gasteiger partial charge in [0.25, 0.3) is 5.91 Å². The molecule has 6 heteroatoms. The molecule has 0 aliphatic carbocycles. The minimum absolute atomic E-state index is 0.0602. The van der Waals surface area contributed by atoms with E-state index < -0.39 is 11.9 Å². The van der Waals surface area contributed by atoms with Crippen molar-refractivity contribution in [3.63, 3.8) is 0 Å². The summed E-state index contributed by atoms with van der Waals surface area (Å²) in [5.41, 5.74) is 0.325. The molecule has 3 amide bonds. The van der Waals surface area contributed by atoms with Crippen LogP contribution in [0.3, 0.4) is 0 Å². The largest absolute Gasteiger partial charge is 0.326 e. The first kappa shape index (κ1) is 11.3. The number of carbonyl (C=O) groups excluding carboxylic acids is 3. The van der Waals surface area contributed by atoms with Crippen LogP contribution in [0.5, 0.6) is 0 Å². The summed E-state index contributed by atoms with van der Waals surface area (Å²) in [6, 6.07) is 5.58. The van der Waals surface area contributed by atoms with Crippen molar-refractivity contribution in [3.8, 4) is 0 Å². The van der Waals surface area contributed by atoms with Gasteiger partial charge in [-0.25, -0.2) is 4.79 Å². The number of allylic oxidation sites excluding steroid dienone is 1. The molecule has 1 aliphatic rings. The van der Waals surface area contributed by atoms with E-state index in [9.17, 15) is 14.4 Å². The SMILES string of the molecule is O=C1NC(=O)/C(=C/C(=O)c2ccc(Cl)cc2)N1. The maximum absolute atomic E-state index is 11.7. The second kappa shape index (κ2) is 4.39. The van der Waals surface area contributed by atoms with Crippen molar-refractivity contribution < 1.29 is 14.4 Å². The van der Waals surface area contributed by atoms with Crippen LogP contribution >= 0.6 is 11.6 Å². The molecule has 0 bridgehead atoms. The maximum Gasteiger partial charge on any atom is 0.326 e. The summed E-state index contributed by atoms with van der Waals surface area (Å²) in [6.07, 6.45) is 1.07. The topological polar surface area (TPSA) is 75.3 Å². The van der Waals surface area contributed by atoms with Gasteiger partial charge in [0.15, 0.2) is 5.78 Å². The van der Waals surface area contributed by atoms with Gasteiger partial charge >= 0.3 is 6.03 Å². The van der Waals surface area contributed by atoms with Gasteiger partial charge in [-0.2, -0.15) is 0 Å². The van der Waals surface area contributed by atoms with Crippen molar-refractivity contribution in [3.05, 3.63) is 46.6 Å². The molecule has 1 aliphatic heterocycles. The van der Waals surface area contributed by atoms with Gasteiger partial charge < -0.3 is 5.32 Å². The van der Waals surface area contributed by atoms with Gasteiger partial charge in [-0.3, -0.25) is 14.9 Å². The number of benzene rings is 1. The highest BCUT2D eigenvalue weighted by molar-refractivity contribution is 6.30. The highest BCUT2D eigenvalue weighted by Crippen LogP contribution is 2.11. The molecule has 0 spiro atoms. The first-order valence-corrected chi connectivity index (χ1v) is 5.08. The molecule has 17 heavy (non-hydrogen) atoms. The second-order valence-corrected chi connectivity index (χ2v) is 3.77. The predicted octanol–water partition coefficient (Wildman–Crippen LogP) is 1.25. The van der Waals surface area contributed by atoms with Crippen molar-refractivity contribution in [2.24, 2.45) is 0 Å². The van der Waals surface area contributed by atoms with E-state index in [-0.39, 0.29) is 11.5 Å². The van der Waals surface area contributed by atoms with E-state index in [1.807, 2.05) is 5.32 Å². The Morgan fingerprint density at radius 3 is 2.29 bits per heavy atom. The maximum atomic E-state index is 11.7. The van der Waals surface area contributed by atoms with Crippen LogP contribution < -0.4 is 10.6 Å². The molecule has 0 unspecified atom stereocenters. The Labute approximate surface area is 101 Å². The number of halogens is 1. The summed E-state index contributed by atoms with van der Waals surface area (Å²) in [7, 11) is 0. The fourth-order valence-electron chi connectivity index (χ4n) is 1.31. The van der Waals surface area contributed by atoms with Gasteiger partial charge in [0, 0.05) is 16.7 Å². The Balaban J connectivity index is 2.22. The van der Waals surface area contributed by atoms with Crippen molar-refractivity contribution in [1.82, 2.24) is 10.6 Å². The summed E-state index contributed by atoms with van der Waals surface area (Å²) < 4.78 is 0. The lowest BCUT2D eigenvalue weighted by Crippen LogP contribution is -2.22. The van der Waals surface area contributed by atoms with E-state index in [1.54, 1.807) is 12.1 Å². The lowest BCUT2D eigenvalue weighted by Gasteiger charge is -1.97. The number of rotatable bonds is 2. The number of hydrogen-bond acceptors (Lipinski definition) is 3. The number of imide groups is 1. The van der Waals surface area contributed by atoms with E-state index in [2.05, 4.69) is 5.32 Å². The van der Waals surface area contributed by atoms with Crippen LogP contribution in [0.25, 0.3) is 0 Å². The number of nitrogens with one attached hydrogen (secondary N) is 2. The summed E-state index contributed by atoms with van der Waals surface area (Å²) in [6.45, 7) is 0. The van der Waals surface area contributed by atoms with Crippen molar-refractivity contribution in [1.29, 1.82) is 0 Å². The zero-order valence-corrected chi connectivity index (χ0v) is 9.25. The monoisotopic (exact) mass is 250 g/mol. The van der Waals surface area contributed by atoms with Gasteiger partial charge in [0.05, 0.1) is 0 Å². The minimum Gasteiger partial charge on any atom is -0.303 e. The van der Waals surface area contributed by atoms with Crippen LogP contribution in [-0.4, -0.2) is 17.7 Å². The Hall–Kier alpha value is -2.14. The first-order valence-electron chi connectivity index (χ1n) is 4.70. The average molecular weight is 251 g/mol. The summed E-state index contributed by atoms with van der Waals surface area (Å²) in [5, 5.41) is 4.75. The van der Waals surface area contributed by atoms with Crippen LogP contribution in [0.2, 0.25) is 5.02 Å². The lowest BCUT2D eigenvalue weighted by atomic mass is 10.1. The number of carbonyl (C=O) groups is 3. The number of hydrogen-bond donors (Lipinski definition) is 2. The van der Waals surface area contributed by atoms with E-state index in [0.29, 0.717) is 10.6 Å². The van der Waals surface area contributed by atoms with Crippen molar-refractivity contribution in [2.45, 2.75) is 0 Å². The van der Waals surface area contributed by atoms with Gasteiger partial charge in [0.2, 0.25) is 0 Å². The number of amides is 3. The summed E-state index contributed by atoms with van der Waals surface area (Å²) in [5.74, 6) is -0.994. The molecule has 0 radical (unpaired) electrons. The number of ketones is 1. The molecule has 1 aromatic carbocycles. The Kier molecular flexibility index (Phi) is 2.93. The van der Waals surface area contributed by atoms with Gasteiger partial charge in [0.1, 0.15) is 5.70 Å². The summed E-state index contributed by atoms with van der Waals surface area (Å²) >= 11 is 5.68. The van der Waals surface area contributed by atoms with Crippen molar-refractivity contribution >= 4 is 29.3 Å². The smallest absolute Gasteiger partial charge is 0.303 e. The molecule has 1 heterocycles. The van der Waals surface area contributed by atoms with Gasteiger partial charge in [-0.1, -0.05) is 11.6 Å².